The van der Waals surface area contributed by atoms with E-state index >= 15 is 0 Å². The maximum absolute atomic E-state index is 9.75. The molecule has 0 unspecified atom stereocenters. The van der Waals surface area contributed by atoms with Gasteiger partial charge in [-0.15, -0.1) is 0 Å². The van der Waals surface area contributed by atoms with Gasteiger partial charge in [0.1, 0.15) is 29.5 Å². The predicted octanol–water partition coefficient (Wildman–Crippen LogP) is 2.85. The molecule has 7 nitrogen and oxygen atoms in total. The van der Waals surface area contributed by atoms with Crippen molar-refractivity contribution >= 4 is 0 Å². The molecule has 1 aliphatic heterocycles. The SMILES string of the molecule is C[C@H](O)c1nccn1Cc1cc(C#Cc2ccc(OC3CCN(C)CC3)cc2)on1. The molecule has 3 aromatic rings. The zero-order valence-electron chi connectivity index (χ0n) is 17.3. The summed E-state index contributed by atoms with van der Waals surface area (Å²) in [6, 6.07) is 9.63. The van der Waals surface area contributed by atoms with E-state index in [2.05, 4.69) is 33.9 Å². The molecule has 1 aliphatic rings. The van der Waals surface area contributed by atoms with Crippen molar-refractivity contribution in [2.45, 2.75) is 38.5 Å². The monoisotopic (exact) mass is 406 g/mol. The molecule has 0 bridgehead atoms. The van der Waals surface area contributed by atoms with E-state index in [1.807, 2.05) is 28.8 Å². The summed E-state index contributed by atoms with van der Waals surface area (Å²) in [5.41, 5.74) is 1.61. The molecule has 3 heterocycles. The number of likely N-dealkylation sites (tertiary alicyclic amines) is 1. The van der Waals surface area contributed by atoms with E-state index in [1.165, 1.54) is 0 Å². The maximum Gasteiger partial charge on any atom is 0.210 e. The molecule has 2 aromatic heterocycles. The van der Waals surface area contributed by atoms with Crippen LogP contribution in [0.5, 0.6) is 5.75 Å². The molecule has 30 heavy (non-hydrogen) atoms. The lowest BCUT2D eigenvalue weighted by atomic mass is 10.1. The van der Waals surface area contributed by atoms with Gasteiger partial charge in [-0.1, -0.05) is 11.1 Å². The number of imidazole rings is 1. The van der Waals surface area contributed by atoms with Crippen LogP contribution in [-0.4, -0.2) is 51.0 Å². The van der Waals surface area contributed by atoms with Crippen molar-refractivity contribution in [3.05, 3.63) is 65.6 Å². The number of benzene rings is 1. The standard InChI is InChI=1S/C23H26N4O3/c1-17(28)23-24-11-14-27(23)16-19-15-22(30-25-19)8-5-18-3-6-20(7-4-18)29-21-9-12-26(2)13-10-21/h3-4,6-7,11,14-15,17,21,28H,9-10,12-13,16H2,1-2H3/t17-/m0/s1. The van der Waals surface area contributed by atoms with Crippen LogP contribution < -0.4 is 4.74 Å². The van der Waals surface area contributed by atoms with Crippen LogP contribution in [0.25, 0.3) is 0 Å². The van der Waals surface area contributed by atoms with Gasteiger partial charge in [-0.3, -0.25) is 0 Å². The fourth-order valence-electron chi connectivity index (χ4n) is 3.49. The third kappa shape index (κ3) is 5.09. The van der Waals surface area contributed by atoms with E-state index in [0.29, 0.717) is 18.1 Å². The zero-order chi connectivity index (χ0) is 20.9. The topological polar surface area (TPSA) is 76.6 Å². The van der Waals surface area contributed by atoms with Crippen molar-refractivity contribution < 1.29 is 14.4 Å². The highest BCUT2D eigenvalue weighted by Gasteiger charge is 2.17. The van der Waals surface area contributed by atoms with E-state index in [-0.39, 0.29) is 6.10 Å². The van der Waals surface area contributed by atoms with E-state index in [9.17, 15) is 5.11 Å². The number of hydrogen-bond acceptors (Lipinski definition) is 6. The molecule has 0 saturated carbocycles. The third-order valence-corrected chi connectivity index (χ3v) is 5.17. The third-order valence-electron chi connectivity index (χ3n) is 5.17. The lowest BCUT2D eigenvalue weighted by Crippen LogP contribution is -2.35. The van der Waals surface area contributed by atoms with Gasteiger partial charge in [0.05, 0.1) is 6.54 Å². The number of ether oxygens (including phenoxy) is 1. The number of aliphatic hydroxyl groups excluding tert-OH is 1. The van der Waals surface area contributed by atoms with Crippen LogP contribution in [0, 0.1) is 11.8 Å². The fourth-order valence-corrected chi connectivity index (χ4v) is 3.49. The lowest BCUT2D eigenvalue weighted by molar-refractivity contribution is 0.114. The van der Waals surface area contributed by atoms with Crippen molar-refractivity contribution in [2.75, 3.05) is 20.1 Å². The first kappa shape index (κ1) is 20.2. The largest absolute Gasteiger partial charge is 0.490 e. The van der Waals surface area contributed by atoms with Crippen molar-refractivity contribution in [1.29, 1.82) is 0 Å². The minimum absolute atomic E-state index is 0.288. The number of nitrogens with zero attached hydrogens (tertiary/aromatic N) is 4. The first-order valence-electron chi connectivity index (χ1n) is 10.2. The lowest BCUT2D eigenvalue weighted by Gasteiger charge is -2.29. The molecule has 1 N–H and O–H groups in total. The summed E-state index contributed by atoms with van der Waals surface area (Å²) in [4.78, 5) is 6.48. The van der Waals surface area contributed by atoms with Crippen molar-refractivity contribution in [2.24, 2.45) is 0 Å². The number of piperidine rings is 1. The van der Waals surface area contributed by atoms with E-state index in [1.54, 1.807) is 25.4 Å². The summed E-state index contributed by atoms with van der Waals surface area (Å²) in [6.07, 6.45) is 5.22. The zero-order valence-corrected chi connectivity index (χ0v) is 17.3. The summed E-state index contributed by atoms with van der Waals surface area (Å²) in [5.74, 6) is 8.07. The number of rotatable bonds is 5. The molecule has 1 fully saturated rings. The molecule has 0 spiro atoms. The second-order valence-electron chi connectivity index (χ2n) is 7.67. The molecule has 0 aliphatic carbocycles. The van der Waals surface area contributed by atoms with Crippen LogP contribution >= 0.6 is 0 Å². The predicted molar refractivity (Wildman–Crippen MR) is 112 cm³/mol. The highest BCUT2D eigenvalue weighted by Crippen LogP contribution is 2.19. The molecule has 1 atom stereocenters. The van der Waals surface area contributed by atoms with Gasteiger partial charge in [-0.25, -0.2) is 4.98 Å². The molecular formula is C23H26N4O3. The highest BCUT2D eigenvalue weighted by molar-refractivity contribution is 5.41. The molecule has 0 amide bonds. The van der Waals surface area contributed by atoms with Gasteiger partial charge in [0.25, 0.3) is 0 Å². The minimum Gasteiger partial charge on any atom is -0.490 e. The highest BCUT2D eigenvalue weighted by atomic mass is 16.5. The summed E-state index contributed by atoms with van der Waals surface area (Å²) < 4.78 is 13.2. The molecule has 4 rings (SSSR count). The van der Waals surface area contributed by atoms with Gasteiger partial charge in [0.15, 0.2) is 0 Å². The average Bonchev–Trinajstić information content (AvgIpc) is 3.39. The fraction of sp³-hybridized carbons (Fsp3) is 0.391. The van der Waals surface area contributed by atoms with Crippen molar-refractivity contribution in [3.63, 3.8) is 0 Å². The van der Waals surface area contributed by atoms with Crippen LogP contribution in [0.15, 0.2) is 47.2 Å². The Hall–Kier alpha value is -3.08. The Kier molecular flexibility index (Phi) is 6.17. The van der Waals surface area contributed by atoms with Crippen LogP contribution in [0.4, 0.5) is 0 Å². The molecule has 0 radical (unpaired) electrons. The Morgan fingerprint density at radius 3 is 2.73 bits per heavy atom. The smallest absolute Gasteiger partial charge is 0.210 e. The molecule has 156 valence electrons. The maximum atomic E-state index is 9.75. The molecule has 1 aromatic carbocycles. The van der Waals surface area contributed by atoms with Crippen LogP contribution in [0.2, 0.25) is 0 Å². The second-order valence-corrected chi connectivity index (χ2v) is 7.67. The van der Waals surface area contributed by atoms with Gasteiger partial charge in [-0.2, -0.15) is 0 Å². The number of aliphatic hydroxyl groups is 1. The quantitative estimate of drug-likeness (QED) is 0.657. The number of hydrogen-bond donors (Lipinski definition) is 1. The minimum atomic E-state index is -0.641. The molecular weight excluding hydrogens is 380 g/mol. The van der Waals surface area contributed by atoms with Crippen LogP contribution in [-0.2, 0) is 6.54 Å². The molecule has 1 saturated heterocycles. The van der Waals surface area contributed by atoms with Gasteiger partial charge in [0, 0.05) is 37.1 Å². The Balaban J connectivity index is 1.35. The molecule has 7 heteroatoms. The van der Waals surface area contributed by atoms with Crippen molar-refractivity contribution in [3.8, 4) is 17.6 Å². The van der Waals surface area contributed by atoms with Gasteiger partial charge in [-0.05, 0) is 57.0 Å². The summed E-state index contributed by atoms with van der Waals surface area (Å²) >= 11 is 0. The summed E-state index contributed by atoms with van der Waals surface area (Å²) in [5, 5.41) is 13.8. The Morgan fingerprint density at radius 2 is 2.00 bits per heavy atom. The van der Waals surface area contributed by atoms with Crippen LogP contribution in [0.1, 0.15) is 48.7 Å². The summed E-state index contributed by atoms with van der Waals surface area (Å²) in [6.45, 7) is 4.31. The van der Waals surface area contributed by atoms with Gasteiger partial charge in [0.2, 0.25) is 5.76 Å². The Labute approximate surface area is 176 Å². The van der Waals surface area contributed by atoms with Gasteiger partial charge >= 0.3 is 0 Å². The first-order chi connectivity index (χ1) is 14.6. The Bertz CT molecular complexity index is 1020. The van der Waals surface area contributed by atoms with Crippen LogP contribution in [0.3, 0.4) is 0 Å². The summed E-state index contributed by atoms with van der Waals surface area (Å²) in [7, 11) is 2.14. The average molecular weight is 406 g/mol. The van der Waals surface area contributed by atoms with E-state index in [4.69, 9.17) is 9.26 Å². The normalized spacial score (nSPS) is 16.1. The first-order valence-corrected chi connectivity index (χ1v) is 10.2. The van der Waals surface area contributed by atoms with E-state index < -0.39 is 6.10 Å². The Morgan fingerprint density at radius 1 is 1.23 bits per heavy atom. The second kappa shape index (κ2) is 9.16. The van der Waals surface area contributed by atoms with Gasteiger partial charge < -0.3 is 23.8 Å². The van der Waals surface area contributed by atoms with E-state index in [0.717, 1.165) is 42.9 Å². The number of aromatic nitrogens is 3. The van der Waals surface area contributed by atoms with Crippen molar-refractivity contribution in [1.82, 2.24) is 19.6 Å².